The number of rotatable bonds is 4. The molecule has 0 heterocycles. The van der Waals surface area contributed by atoms with Crippen LogP contribution in [-0.2, 0) is 0 Å². The largest absolute Gasteiger partial charge is 0.395 e. The normalized spacial score (nSPS) is 16.1. The van der Waals surface area contributed by atoms with E-state index in [0.717, 1.165) is 18.5 Å². The maximum Gasteiger partial charge on any atom is 0.322 e. The lowest BCUT2D eigenvalue weighted by molar-refractivity contribution is 0.144. The van der Waals surface area contributed by atoms with Crippen molar-refractivity contribution < 1.29 is 9.90 Å². The van der Waals surface area contributed by atoms with Gasteiger partial charge in [-0.15, -0.1) is 0 Å². The van der Waals surface area contributed by atoms with E-state index in [1.807, 2.05) is 30.3 Å². The number of benzene rings is 1. The van der Waals surface area contributed by atoms with Crippen LogP contribution in [0.2, 0.25) is 0 Å². The smallest absolute Gasteiger partial charge is 0.322 e. The van der Waals surface area contributed by atoms with E-state index in [-0.39, 0.29) is 18.7 Å². The third-order valence-electron chi connectivity index (χ3n) is 3.64. The number of para-hydroxylation sites is 1. The van der Waals surface area contributed by atoms with E-state index in [2.05, 4.69) is 5.32 Å². The van der Waals surface area contributed by atoms with Gasteiger partial charge in [0.1, 0.15) is 0 Å². The molecule has 1 aromatic rings. The fourth-order valence-corrected chi connectivity index (χ4v) is 2.67. The SMILES string of the molecule is O=C(Nc1ccccc1)N(CCO)C1CCCCC1. The van der Waals surface area contributed by atoms with E-state index in [9.17, 15) is 4.79 Å². The molecule has 2 rings (SSSR count). The predicted molar refractivity (Wildman–Crippen MR) is 76.1 cm³/mol. The zero-order valence-corrected chi connectivity index (χ0v) is 11.2. The van der Waals surface area contributed by atoms with Gasteiger partial charge in [0.25, 0.3) is 0 Å². The van der Waals surface area contributed by atoms with E-state index in [4.69, 9.17) is 5.11 Å². The van der Waals surface area contributed by atoms with E-state index in [0.29, 0.717) is 6.54 Å². The molecule has 2 amide bonds. The number of aliphatic hydroxyl groups excluding tert-OH is 1. The highest BCUT2D eigenvalue weighted by atomic mass is 16.3. The Balaban J connectivity index is 1.99. The number of urea groups is 1. The molecule has 4 heteroatoms. The molecule has 1 aliphatic rings. The first-order valence-corrected chi connectivity index (χ1v) is 7.05. The van der Waals surface area contributed by atoms with Crippen LogP contribution in [0.5, 0.6) is 0 Å². The number of carbonyl (C=O) groups excluding carboxylic acids is 1. The van der Waals surface area contributed by atoms with Crippen LogP contribution in [0, 0.1) is 0 Å². The van der Waals surface area contributed by atoms with Crippen molar-refractivity contribution in [2.75, 3.05) is 18.5 Å². The minimum Gasteiger partial charge on any atom is -0.395 e. The molecular formula is C15H22N2O2. The lowest BCUT2D eigenvalue weighted by atomic mass is 9.94. The van der Waals surface area contributed by atoms with Gasteiger partial charge in [-0.1, -0.05) is 37.5 Å². The average molecular weight is 262 g/mol. The molecule has 104 valence electrons. The number of nitrogens with one attached hydrogen (secondary N) is 1. The zero-order chi connectivity index (χ0) is 13.5. The van der Waals surface area contributed by atoms with Crippen molar-refractivity contribution in [2.45, 2.75) is 38.1 Å². The molecule has 0 atom stereocenters. The second kappa shape index (κ2) is 7.14. The van der Waals surface area contributed by atoms with Crippen LogP contribution in [0.4, 0.5) is 10.5 Å². The Hall–Kier alpha value is -1.55. The van der Waals surface area contributed by atoms with E-state index in [1.54, 1.807) is 4.90 Å². The van der Waals surface area contributed by atoms with Crippen molar-refractivity contribution in [1.82, 2.24) is 4.90 Å². The van der Waals surface area contributed by atoms with Gasteiger partial charge in [-0.25, -0.2) is 4.79 Å². The third-order valence-corrected chi connectivity index (χ3v) is 3.64. The summed E-state index contributed by atoms with van der Waals surface area (Å²) < 4.78 is 0. The number of hydrogen-bond donors (Lipinski definition) is 2. The van der Waals surface area contributed by atoms with Gasteiger partial charge in [-0.2, -0.15) is 0 Å². The van der Waals surface area contributed by atoms with E-state index in [1.165, 1.54) is 19.3 Å². The molecule has 4 nitrogen and oxygen atoms in total. The molecule has 19 heavy (non-hydrogen) atoms. The molecular weight excluding hydrogens is 240 g/mol. The summed E-state index contributed by atoms with van der Waals surface area (Å²) >= 11 is 0. The average Bonchev–Trinajstić information content (AvgIpc) is 2.46. The molecule has 2 N–H and O–H groups in total. The molecule has 0 aromatic heterocycles. The molecule has 1 aliphatic carbocycles. The van der Waals surface area contributed by atoms with Gasteiger partial charge in [-0.05, 0) is 25.0 Å². The fraction of sp³-hybridized carbons (Fsp3) is 0.533. The number of anilines is 1. The van der Waals surface area contributed by atoms with E-state index < -0.39 is 0 Å². The topological polar surface area (TPSA) is 52.6 Å². The maximum atomic E-state index is 12.3. The van der Waals surface area contributed by atoms with Crippen molar-refractivity contribution >= 4 is 11.7 Å². The monoisotopic (exact) mass is 262 g/mol. The summed E-state index contributed by atoms with van der Waals surface area (Å²) in [5.74, 6) is 0. The van der Waals surface area contributed by atoms with Gasteiger partial charge in [-0.3, -0.25) is 0 Å². The van der Waals surface area contributed by atoms with Crippen LogP contribution >= 0.6 is 0 Å². The van der Waals surface area contributed by atoms with Crippen LogP contribution in [0.1, 0.15) is 32.1 Å². The summed E-state index contributed by atoms with van der Waals surface area (Å²) in [5, 5.41) is 12.1. The summed E-state index contributed by atoms with van der Waals surface area (Å²) in [6.45, 7) is 0.419. The van der Waals surface area contributed by atoms with Crippen molar-refractivity contribution in [3.63, 3.8) is 0 Å². The summed E-state index contributed by atoms with van der Waals surface area (Å²) in [7, 11) is 0. The molecule has 1 saturated carbocycles. The molecule has 0 spiro atoms. The Morgan fingerprint density at radius 3 is 2.53 bits per heavy atom. The Labute approximate surface area is 114 Å². The molecule has 0 bridgehead atoms. The maximum absolute atomic E-state index is 12.3. The van der Waals surface area contributed by atoms with Crippen molar-refractivity contribution in [2.24, 2.45) is 0 Å². The Morgan fingerprint density at radius 1 is 1.21 bits per heavy atom. The number of carbonyl (C=O) groups is 1. The van der Waals surface area contributed by atoms with Gasteiger partial charge >= 0.3 is 6.03 Å². The molecule has 0 radical (unpaired) electrons. The number of hydrogen-bond acceptors (Lipinski definition) is 2. The lowest BCUT2D eigenvalue weighted by Gasteiger charge is -2.34. The van der Waals surface area contributed by atoms with Crippen LogP contribution in [0.15, 0.2) is 30.3 Å². The highest BCUT2D eigenvalue weighted by Gasteiger charge is 2.24. The van der Waals surface area contributed by atoms with E-state index >= 15 is 0 Å². The molecule has 0 unspecified atom stereocenters. The zero-order valence-electron chi connectivity index (χ0n) is 11.2. The summed E-state index contributed by atoms with van der Waals surface area (Å²) in [6.07, 6.45) is 5.69. The predicted octanol–water partition coefficient (Wildman–Crippen LogP) is 2.85. The number of nitrogens with zero attached hydrogens (tertiary/aromatic N) is 1. The first kappa shape index (κ1) is 13.9. The van der Waals surface area contributed by atoms with Crippen molar-refractivity contribution in [3.05, 3.63) is 30.3 Å². The third kappa shape index (κ3) is 3.96. The van der Waals surface area contributed by atoms with Gasteiger partial charge in [0.2, 0.25) is 0 Å². The summed E-state index contributed by atoms with van der Waals surface area (Å²) in [4.78, 5) is 14.1. The van der Waals surface area contributed by atoms with Gasteiger partial charge < -0.3 is 15.3 Å². The minimum atomic E-state index is -0.104. The molecule has 0 saturated heterocycles. The Kier molecular flexibility index (Phi) is 5.21. The Bertz CT molecular complexity index is 388. The molecule has 1 aromatic carbocycles. The highest BCUT2D eigenvalue weighted by molar-refractivity contribution is 5.89. The number of aliphatic hydroxyl groups is 1. The van der Waals surface area contributed by atoms with Crippen molar-refractivity contribution in [3.8, 4) is 0 Å². The summed E-state index contributed by atoms with van der Waals surface area (Å²) in [6, 6.07) is 9.62. The summed E-state index contributed by atoms with van der Waals surface area (Å²) in [5.41, 5.74) is 0.797. The van der Waals surface area contributed by atoms with Gasteiger partial charge in [0.05, 0.1) is 6.61 Å². The first-order valence-electron chi connectivity index (χ1n) is 7.05. The van der Waals surface area contributed by atoms with Crippen LogP contribution in [0.3, 0.4) is 0 Å². The van der Waals surface area contributed by atoms with Crippen LogP contribution in [0.25, 0.3) is 0 Å². The Morgan fingerprint density at radius 2 is 1.89 bits per heavy atom. The number of amides is 2. The molecule has 0 aliphatic heterocycles. The highest BCUT2D eigenvalue weighted by Crippen LogP contribution is 2.23. The fourth-order valence-electron chi connectivity index (χ4n) is 2.67. The lowest BCUT2D eigenvalue weighted by Crippen LogP contribution is -2.45. The quantitative estimate of drug-likeness (QED) is 0.876. The van der Waals surface area contributed by atoms with Gasteiger partial charge in [0.15, 0.2) is 0 Å². The first-order chi connectivity index (χ1) is 9.31. The molecule has 1 fully saturated rings. The van der Waals surface area contributed by atoms with Crippen LogP contribution < -0.4 is 5.32 Å². The van der Waals surface area contributed by atoms with Crippen LogP contribution in [-0.4, -0.2) is 35.2 Å². The second-order valence-electron chi connectivity index (χ2n) is 5.01. The van der Waals surface area contributed by atoms with Crippen molar-refractivity contribution in [1.29, 1.82) is 0 Å². The minimum absolute atomic E-state index is 0.0126. The van der Waals surface area contributed by atoms with Gasteiger partial charge in [0, 0.05) is 18.3 Å². The standard InChI is InChI=1S/C15H22N2O2/c18-12-11-17(14-9-5-2-6-10-14)15(19)16-13-7-3-1-4-8-13/h1,3-4,7-8,14,18H,2,5-6,9-12H2,(H,16,19). The second-order valence-corrected chi connectivity index (χ2v) is 5.01.